The predicted octanol–water partition coefficient (Wildman–Crippen LogP) is 2.37. The molecule has 0 saturated carbocycles. The van der Waals surface area contributed by atoms with E-state index >= 15 is 0 Å². The topological polar surface area (TPSA) is 84.5 Å². The van der Waals surface area contributed by atoms with E-state index < -0.39 is 10.0 Å². The average molecular weight is 356 g/mol. The van der Waals surface area contributed by atoms with Crippen molar-refractivity contribution in [1.82, 2.24) is 10.0 Å². The normalized spacial score (nSPS) is 12.7. The van der Waals surface area contributed by atoms with E-state index in [1.54, 1.807) is 19.1 Å². The molecule has 1 atom stereocenters. The van der Waals surface area contributed by atoms with Gasteiger partial charge in [0, 0.05) is 12.6 Å². The number of hydrogen-bond acceptors (Lipinski definition) is 4. The number of ether oxygens (including phenoxy) is 1. The fourth-order valence-electron chi connectivity index (χ4n) is 2.24. The number of amides is 1. The summed E-state index contributed by atoms with van der Waals surface area (Å²) >= 11 is 0. The van der Waals surface area contributed by atoms with Crippen LogP contribution in [0.1, 0.15) is 45.6 Å². The Hall–Kier alpha value is -1.60. The molecule has 24 heavy (non-hydrogen) atoms. The van der Waals surface area contributed by atoms with Gasteiger partial charge < -0.3 is 10.1 Å². The van der Waals surface area contributed by atoms with E-state index in [0.29, 0.717) is 17.9 Å². The Bertz CT molecular complexity index is 644. The second kappa shape index (κ2) is 9.64. The Morgan fingerprint density at radius 2 is 1.96 bits per heavy atom. The maximum atomic E-state index is 12.1. The molecule has 1 amide bonds. The van der Waals surface area contributed by atoms with Gasteiger partial charge in [-0.3, -0.25) is 4.79 Å². The maximum absolute atomic E-state index is 12.1. The predicted molar refractivity (Wildman–Crippen MR) is 94.7 cm³/mol. The molecule has 1 rings (SSSR count). The molecule has 1 aromatic rings. The number of hydrogen-bond donors (Lipinski definition) is 2. The highest BCUT2D eigenvalue weighted by molar-refractivity contribution is 7.89. The lowest BCUT2D eigenvalue weighted by Gasteiger charge is -2.14. The molecule has 2 N–H and O–H groups in total. The van der Waals surface area contributed by atoms with Gasteiger partial charge >= 0.3 is 0 Å². The van der Waals surface area contributed by atoms with Crippen LogP contribution >= 0.6 is 0 Å². The van der Waals surface area contributed by atoms with E-state index in [9.17, 15) is 13.2 Å². The highest BCUT2D eigenvalue weighted by Crippen LogP contribution is 2.21. The van der Waals surface area contributed by atoms with Crippen LogP contribution in [0, 0.1) is 6.92 Å². The molecule has 7 heteroatoms. The van der Waals surface area contributed by atoms with Crippen molar-refractivity contribution in [3.63, 3.8) is 0 Å². The summed E-state index contributed by atoms with van der Waals surface area (Å²) in [6, 6.07) is 4.73. The second-order valence-corrected chi connectivity index (χ2v) is 7.64. The van der Waals surface area contributed by atoms with Crippen LogP contribution in [0.5, 0.6) is 5.75 Å². The summed E-state index contributed by atoms with van der Waals surface area (Å²) in [6.45, 7) is 7.98. The van der Waals surface area contributed by atoms with E-state index in [4.69, 9.17) is 4.74 Å². The summed E-state index contributed by atoms with van der Waals surface area (Å²) in [4.78, 5) is 12.0. The second-order valence-electron chi connectivity index (χ2n) is 5.87. The molecule has 0 aliphatic carbocycles. The van der Waals surface area contributed by atoms with Gasteiger partial charge in [-0.05, 0) is 50.5 Å². The number of carbonyl (C=O) groups excluding carboxylic acids is 1. The number of sulfonamides is 1. The van der Waals surface area contributed by atoms with Crippen molar-refractivity contribution in [1.29, 1.82) is 0 Å². The monoisotopic (exact) mass is 356 g/mol. The zero-order valence-corrected chi connectivity index (χ0v) is 15.7. The van der Waals surface area contributed by atoms with Crippen molar-refractivity contribution in [2.45, 2.75) is 57.9 Å². The molecule has 0 heterocycles. The van der Waals surface area contributed by atoms with Crippen LogP contribution in [0.3, 0.4) is 0 Å². The minimum atomic E-state index is -3.50. The van der Waals surface area contributed by atoms with Crippen LogP contribution < -0.4 is 14.8 Å². The first-order valence-corrected chi connectivity index (χ1v) is 9.81. The molecule has 0 aliphatic heterocycles. The molecular weight excluding hydrogens is 328 g/mol. The molecule has 0 aliphatic rings. The minimum absolute atomic E-state index is 0.0882. The third-order valence-corrected chi connectivity index (χ3v) is 4.95. The first-order valence-electron chi connectivity index (χ1n) is 8.32. The lowest BCUT2D eigenvalue weighted by atomic mass is 10.2. The van der Waals surface area contributed by atoms with Crippen LogP contribution in [0.4, 0.5) is 0 Å². The van der Waals surface area contributed by atoms with Crippen molar-refractivity contribution in [3.05, 3.63) is 23.8 Å². The molecule has 0 bridgehead atoms. The van der Waals surface area contributed by atoms with Gasteiger partial charge in [0.25, 0.3) is 5.91 Å². The quantitative estimate of drug-likeness (QED) is 0.674. The van der Waals surface area contributed by atoms with E-state index in [1.165, 1.54) is 6.07 Å². The summed E-state index contributed by atoms with van der Waals surface area (Å²) < 4.78 is 32.2. The number of benzene rings is 1. The fraction of sp³-hybridized carbons (Fsp3) is 0.588. The number of nitrogens with one attached hydrogen (secondary N) is 2. The first kappa shape index (κ1) is 20.4. The van der Waals surface area contributed by atoms with Crippen LogP contribution in [0.15, 0.2) is 23.1 Å². The van der Waals surface area contributed by atoms with Crippen LogP contribution in [0.25, 0.3) is 0 Å². The molecule has 0 spiro atoms. The van der Waals surface area contributed by atoms with Gasteiger partial charge in [0.15, 0.2) is 6.61 Å². The zero-order valence-electron chi connectivity index (χ0n) is 14.9. The minimum Gasteiger partial charge on any atom is -0.484 e. The standard InChI is InChI=1S/C17H28N2O4S/c1-5-7-14(4)19-17(20)12-23-16-9-8-15(11-13(16)3)24(21,22)18-10-6-2/h8-9,11,14,18H,5-7,10,12H2,1-4H3,(H,19,20)/t14-/m0/s1. The van der Waals surface area contributed by atoms with Crippen molar-refractivity contribution in [2.75, 3.05) is 13.2 Å². The Morgan fingerprint density at radius 1 is 1.25 bits per heavy atom. The van der Waals surface area contributed by atoms with Gasteiger partial charge in [-0.25, -0.2) is 13.1 Å². The van der Waals surface area contributed by atoms with Crippen molar-refractivity contribution in [2.24, 2.45) is 0 Å². The van der Waals surface area contributed by atoms with E-state index in [1.807, 2.05) is 13.8 Å². The zero-order chi connectivity index (χ0) is 18.2. The van der Waals surface area contributed by atoms with Gasteiger partial charge in [-0.15, -0.1) is 0 Å². The Labute approximate surface area is 145 Å². The molecule has 0 saturated heterocycles. The van der Waals surface area contributed by atoms with Gasteiger partial charge in [-0.1, -0.05) is 20.3 Å². The van der Waals surface area contributed by atoms with Gasteiger partial charge in [0.2, 0.25) is 10.0 Å². The molecule has 0 fully saturated rings. The maximum Gasteiger partial charge on any atom is 0.258 e. The van der Waals surface area contributed by atoms with Crippen LogP contribution in [0.2, 0.25) is 0 Å². The molecular formula is C17H28N2O4S. The Kier molecular flexibility index (Phi) is 8.21. The molecule has 0 unspecified atom stereocenters. The number of aryl methyl sites for hydroxylation is 1. The molecule has 1 aromatic carbocycles. The SMILES string of the molecule is CCCNS(=O)(=O)c1ccc(OCC(=O)N[C@@H](C)CCC)c(C)c1. The number of rotatable bonds is 10. The lowest BCUT2D eigenvalue weighted by Crippen LogP contribution is -2.36. The van der Waals surface area contributed by atoms with Gasteiger partial charge in [0.1, 0.15) is 5.75 Å². The summed E-state index contributed by atoms with van der Waals surface area (Å²) in [6.07, 6.45) is 2.65. The molecule has 136 valence electrons. The van der Waals surface area contributed by atoms with E-state index in [2.05, 4.69) is 17.0 Å². The molecule has 6 nitrogen and oxygen atoms in total. The van der Waals surface area contributed by atoms with E-state index in [0.717, 1.165) is 19.3 Å². The van der Waals surface area contributed by atoms with Crippen molar-refractivity contribution in [3.8, 4) is 5.75 Å². The van der Waals surface area contributed by atoms with Crippen LogP contribution in [-0.2, 0) is 14.8 Å². The van der Waals surface area contributed by atoms with Crippen molar-refractivity contribution >= 4 is 15.9 Å². The average Bonchev–Trinajstić information content (AvgIpc) is 2.51. The van der Waals surface area contributed by atoms with Crippen molar-refractivity contribution < 1.29 is 17.9 Å². The Morgan fingerprint density at radius 3 is 2.54 bits per heavy atom. The lowest BCUT2D eigenvalue weighted by molar-refractivity contribution is -0.123. The summed E-state index contributed by atoms with van der Waals surface area (Å²) in [7, 11) is -3.50. The highest BCUT2D eigenvalue weighted by atomic mass is 32.2. The van der Waals surface area contributed by atoms with E-state index in [-0.39, 0.29) is 23.5 Å². The van der Waals surface area contributed by atoms with Gasteiger partial charge in [-0.2, -0.15) is 0 Å². The highest BCUT2D eigenvalue weighted by Gasteiger charge is 2.15. The van der Waals surface area contributed by atoms with Crippen LogP contribution in [-0.4, -0.2) is 33.5 Å². The van der Waals surface area contributed by atoms with Gasteiger partial charge in [0.05, 0.1) is 4.90 Å². The smallest absolute Gasteiger partial charge is 0.258 e. The molecule has 0 radical (unpaired) electrons. The first-order chi connectivity index (χ1) is 11.3. The third kappa shape index (κ3) is 6.49. The fourth-order valence-corrected chi connectivity index (χ4v) is 3.45. The molecule has 0 aromatic heterocycles. The summed E-state index contributed by atoms with van der Waals surface area (Å²) in [5.41, 5.74) is 0.670. The Balaban J connectivity index is 2.67. The summed E-state index contributed by atoms with van der Waals surface area (Å²) in [5, 5.41) is 2.86. The number of carbonyl (C=O) groups is 1. The summed E-state index contributed by atoms with van der Waals surface area (Å²) in [5.74, 6) is 0.319. The third-order valence-electron chi connectivity index (χ3n) is 3.49. The largest absolute Gasteiger partial charge is 0.484 e.